The Hall–Kier alpha value is -1.22. The maximum atomic E-state index is 5.80. The summed E-state index contributed by atoms with van der Waals surface area (Å²) in [6.07, 6.45) is 1.20. The van der Waals surface area contributed by atoms with Crippen LogP contribution < -0.4 is 20.1 Å². The summed E-state index contributed by atoms with van der Waals surface area (Å²) in [5.41, 5.74) is 0.985. The topological polar surface area (TPSA) is 64.1 Å². The Bertz CT molecular complexity index is 553. The van der Waals surface area contributed by atoms with Crippen molar-refractivity contribution >= 4 is 29.9 Å². The first-order valence-electron chi connectivity index (χ1n) is 9.40. The van der Waals surface area contributed by atoms with Crippen molar-refractivity contribution < 1.29 is 14.2 Å². The number of aliphatic imine (C=N–C) groups is 1. The van der Waals surface area contributed by atoms with Gasteiger partial charge in [-0.15, -0.1) is 24.0 Å². The van der Waals surface area contributed by atoms with E-state index in [9.17, 15) is 0 Å². The average molecular weight is 493 g/mol. The number of hydrogen-bond acceptors (Lipinski definition) is 4. The van der Waals surface area contributed by atoms with E-state index in [1.807, 2.05) is 25.1 Å². The highest BCUT2D eigenvalue weighted by Gasteiger charge is 2.13. The molecule has 0 aliphatic carbocycles. The molecule has 0 aliphatic rings. The van der Waals surface area contributed by atoms with Crippen LogP contribution >= 0.6 is 24.0 Å². The third kappa shape index (κ3) is 9.01. The van der Waals surface area contributed by atoms with Crippen LogP contribution in [0.4, 0.5) is 0 Å². The van der Waals surface area contributed by atoms with E-state index in [1.165, 1.54) is 0 Å². The molecule has 27 heavy (non-hydrogen) atoms. The molecule has 0 heterocycles. The zero-order valence-electron chi connectivity index (χ0n) is 17.5. The highest BCUT2D eigenvalue weighted by atomic mass is 127. The molecule has 0 bridgehead atoms. The molecule has 0 aliphatic heterocycles. The fourth-order valence-electron chi connectivity index (χ4n) is 2.74. The second-order valence-corrected chi connectivity index (χ2v) is 6.30. The summed E-state index contributed by atoms with van der Waals surface area (Å²) < 4.78 is 16.6. The smallest absolute Gasteiger partial charge is 0.191 e. The lowest BCUT2D eigenvalue weighted by molar-refractivity contribution is 0.0258. The van der Waals surface area contributed by atoms with Crippen molar-refractivity contribution in [3.05, 3.63) is 23.8 Å². The molecule has 0 radical (unpaired) electrons. The van der Waals surface area contributed by atoms with Crippen LogP contribution in [0.1, 0.15) is 39.7 Å². The van der Waals surface area contributed by atoms with E-state index in [1.54, 1.807) is 14.2 Å². The number of hydrogen-bond donors (Lipinski definition) is 2. The van der Waals surface area contributed by atoms with Gasteiger partial charge in [0.1, 0.15) is 0 Å². The van der Waals surface area contributed by atoms with Crippen molar-refractivity contribution in [3.63, 3.8) is 0 Å². The Morgan fingerprint density at radius 3 is 2.41 bits per heavy atom. The van der Waals surface area contributed by atoms with Gasteiger partial charge in [-0.05, 0) is 32.3 Å². The van der Waals surface area contributed by atoms with Crippen LogP contribution in [-0.4, -0.2) is 46.0 Å². The number of para-hydroxylation sites is 1. The van der Waals surface area contributed by atoms with Crippen LogP contribution in [0, 0.1) is 5.92 Å². The van der Waals surface area contributed by atoms with Gasteiger partial charge < -0.3 is 24.8 Å². The van der Waals surface area contributed by atoms with Crippen molar-refractivity contribution in [3.8, 4) is 11.5 Å². The number of rotatable bonds is 11. The van der Waals surface area contributed by atoms with E-state index >= 15 is 0 Å². The van der Waals surface area contributed by atoms with Crippen LogP contribution in [0.15, 0.2) is 23.2 Å². The number of ether oxygens (including phenoxy) is 3. The van der Waals surface area contributed by atoms with E-state index in [2.05, 4.69) is 36.4 Å². The van der Waals surface area contributed by atoms with E-state index in [4.69, 9.17) is 14.2 Å². The van der Waals surface area contributed by atoms with Crippen molar-refractivity contribution in [2.45, 2.75) is 46.8 Å². The first-order valence-corrected chi connectivity index (χ1v) is 9.40. The average Bonchev–Trinajstić information content (AvgIpc) is 2.64. The quantitative estimate of drug-likeness (QED) is 0.279. The number of guanidine groups is 1. The molecule has 1 atom stereocenters. The van der Waals surface area contributed by atoms with E-state index in [-0.39, 0.29) is 30.1 Å². The van der Waals surface area contributed by atoms with Gasteiger partial charge in [0, 0.05) is 25.3 Å². The van der Waals surface area contributed by atoms with Gasteiger partial charge in [-0.25, -0.2) is 4.99 Å². The van der Waals surface area contributed by atoms with Crippen molar-refractivity contribution in [2.75, 3.05) is 33.9 Å². The summed E-state index contributed by atoms with van der Waals surface area (Å²) in [5, 5.41) is 6.67. The molecule has 7 heteroatoms. The Morgan fingerprint density at radius 2 is 1.85 bits per heavy atom. The minimum absolute atomic E-state index is 0. The molecule has 1 unspecified atom stereocenters. The van der Waals surface area contributed by atoms with Crippen LogP contribution in [0.3, 0.4) is 0 Å². The predicted molar refractivity (Wildman–Crippen MR) is 123 cm³/mol. The summed E-state index contributed by atoms with van der Waals surface area (Å²) in [7, 11) is 3.29. The maximum absolute atomic E-state index is 5.80. The minimum Gasteiger partial charge on any atom is -0.493 e. The zero-order chi connectivity index (χ0) is 19.4. The lowest BCUT2D eigenvalue weighted by atomic mass is 10.0. The van der Waals surface area contributed by atoms with Gasteiger partial charge in [0.15, 0.2) is 17.5 Å². The molecule has 156 valence electrons. The van der Waals surface area contributed by atoms with Gasteiger partial charge in [-0.3, -0.25) is 0 Å². The second-order valence-electron chi connectivity index (χ2n) is 6.30. The lowest BCUT2D eigenvalue weighted by Gasteiger charge is -2.21. The SMILES string of the molecule is CCNC(=NCc1cccc(OC)c1OC)NCCC(OCC)C(C)C.I. The van der Waals surface area contributed by atoms with E-state index in [0.717, 1.165) is 49.1 Å². The summed E-state index contributed by atoms with van der Waals surface area (Å²) in [6.45, 7) is 11.3. The Balaban J connectivity index is 0.00000676. The van der Waals surface area contributed by atoms with E-state index < -0.39 is 0 Å². The molecular weight excluding hydrogens is 457 g/mol. The molecule has 1 rings (SSSR count). The monoisotopic (exact) mass is 493 g/mol. The Labute approximate surface area is 181 Å². The van der Waals surface area contributed by atoms with Crippen LogP contribution in [-0.2, 0) is 11.3 Å². The van der Waals surface area contributed by atoms with Gasteiger partial charge in [0.05, 0.1) is 26.9 Å². The molecule has 0 spiro atoms. The zero-order valence-corrected chi connectivity index (χ0v) is 19.8. The normalized spacial score (nSPS) is 12.3. The van der Waals surface area contributed by atoms with Crippen molar-refractivity contribution in [2.24, 2.45) is 10.9 Å². The van der Waals surface area contributed by atoms with Crippen LogP contribution in [0.5, 0.6) is 11.5 Å². The number of methoxy groups -OCH3 is 2. The number of nitrogens with one attached hydrogen (secondary N) is 2. The molecule has 2 N–H and O–H groups in total. The summed E-state index contributed by atoms with van der Waals surface area (Å²) >= 11 is 0. The summed E-state index contributed by atoms with van der Waals surface area (Å²) in [5.74, 6) is 2.73. The molecule has 0 saturated carbocycles. The first kappa shape index (κ1) is 25.8. The third-order valence-corrected chi connectivity index (χ3v) is 4.08. The standard InChI is InChI=1S/C20H35N3O3.HI/c1-7-21-20(22-13-12-17(15(3)4)26-8-2)23-14-16-10-9-11-18(24-5)19(16)25-6;/h9-11,15,17H,7-8,12-14H2,1-6H3,(H2,21,22,23);1H. The molecule has 0 saturated heterocycles. The molecule has 0 amide bonds. The van der Waals surface area contributed by atoms with Crippen molar-refractivity contribution in [1.29, 1.82) is 0 Å². The third-order valence-electron chi connectivity index (χ3n) is 4.08. The first-order chi connectivity index (χ1) is 12.6. The summed E-state index contributed by atoms with van der Waals surface area (Å²) in [4.78, 5) is 4.67. The number of benzene rings is 1. The molecule has 1 aromatic rings. The molecule has 1 aromatic carbocycles. The van der Waals surface area contributed by atoms with Crippen LogP contribution in [0.2, 0.25) is 0 Å². The summed E-state index contributed by atoms with van der Waals surface area (Å²) in [6, 6.07) is 5.83. The Kier molecular flexibility index (Phi) is 14.1. The van der Waals surface area contributed by atoms with Gasteiger partial charge in [-0.2, -0.15) is 0 Å². The number of nitrogens with zero attached hydrogens (tertiary/aromatic N) is 1. The maximum Gasteiger partial charge on any atom is 0.191 e. The molecular formula is C20H36IN3O3. The lowest BCUT2D eigenvalue weighted by Crippen LogP contribution is -2.39. The largest absolute Gasteiger partial charge is 0.493 e. The molecule has 0 fully saturated rings. The minimum atomic E-state index is 0. The van der Waals surface area contributed by atoms with E-state index in [0.29, 0.717) is 12.5 Å². The second kappa shape index (κ2) is 14.8. The van der Waals surface area contributed by atoms with Crippen molar-refractivity contribution in [1.82, 2.24) is 10.6 Å². The molecule has 6 nitrogen and oxygen atoms in total. The highest BCUT2D eigenvalue weighted by molar-refractivity contribution is 14.0. The number of halogens is 1. The van der Waals surface area contributed by atoms with Gasteiger partial charge in [0.25, 0.3) is 0 Å². The van der Waals surface area contributed by atoms with Gasteiger partial charge >= 0.3 is 0 Å². The Morgan fingerprint density at radius 1 is 1.11 bits per heavy atom. The molecule has 0 aromatic heterocycles. The fourth-order valence-corrected chi connectivity index (χ4v) is 2.74. The highest BCUT2D eigenvalue weighted by Crippen LogP contribution is 2.31. The van der Waals surface area contributed by atoms with Gasteiger partial charge in [-0.1, -0.05) is 26.0 Å². The fraction of sp³-hybridized carbons (Fsp3) is 0.650. The van der Waals surface area contributed by atoms with Gasteiger partial charge in [0.2, 0.25) is 0 Å². The predicted octanol–water partition coefficient (Wildman–Crippen LogP) is 3.83. The van der Waals surface area contributed by atoms with Crippen LogP contribution in [0.25, 0.3) is 0 Å².